The average Bonchev–Trinajstić information content (AvgIpc) is 3.22. The molecular weight excluding hydrogens is 350 g/mol. The van der Waals surface area contributed by atoms with Crippen LogP contribution in [0.5, 0.6) is 0 Å². The van der Waals surface area contributed by atoms with E-state index in [0.29, 0.717) is 11.7 Å². The van der Waals surface area contributed by atoms with E-state index in [1.54, 1.807) is 0 Å². The van der Waals surface area contributed by atoms with Gasteiger partial charge in [0.25, 0.3) is 0 Å². The highest BCUT2D eigenvalue weighted by Gasteiger charge is 2.29. The smallest absolute Gasteiger partial charge is 0.141 e. The summed E-state index contributed by atoms with van der Waals surface area (Å²) in [6.45, 7) is 0. The van der Waals surface area contributed by atoms with E-state index < -0.39 is 0 Å². The predicted octanol–water partition coefficient (Wildman–Crippen LogP) is 5.04. The molecule has 21 heavy (non-hydrogen) atoms. The Hall–Kier alpha value is -1.52. The molecule has 0 unspecified atom stereocenters. The maximum absolute atomic E-state index is 6.40. The molecular formula is C16H13BrClN3. The normalized spacial score (nSPS) is 14.8. The average molecular weight is 363 g/mol. The number of hydrogen-bond donors (Lipinski definition) is 1. The number of imidazole rings is 1. The van der Waals surface area contributed by atoms with Crippen molar-refractivity contribution in [3.63, 3.8) is 0 Å². The number of nitrogens with zero attached hydrogens (tertiary/aromatic N) is 2. The van der Waals surface area contributed by atoms with Crippen LogP contribution in [-0.4, -0.2) is 9.55 Å². The SMILES string of the molecule is Nc1cc(-c2nc3cccc(Cl)c3n2C2CC2)ccc1Br. The Balaban J connectivity index is 2.01. The monoisotopic (exact) mass is 361 g/mol. The van der Waals surface area contributed by atoms with Crippen LogP contribution in [0.2, 0.25) is 5.02 Å². The van der Waals surface area contributed by atoms with E-state index in [2.05, 4.69) is 20.5 Å². The van der Waals surface area contributed by atoms with Gasteiger partial charge in [-0.15, -0.1) is 0 Å². The minimum atomic E-state index is 0.495. The predicted molar refractivity (Wildman–Crippen MR) is 90.6 cm³/mol. The van der Waals surface area contributed by atoms with Gasteiger partial charge in [-0.05, 0) is 59.1 Å². The quantitative estimate of drug-likeness (QED) is 0.649. The first kappa shape index (κ1) is 13.2. The van der Waals surface area contributed by atoms with Crippen LogP contribution in [0.4, 0.5) is 5.69 Å². The molecule has 2 aromatic carbocycles. The Bertz CT molecular complexity index is 852. The highest BCUT2D eigenvalue weighted by Crippen LogP contribution is 2.43. The molecule has 0 spiro atoms. The molecule has 1 heterocycles. The standard InChI is InChI=1S/C16H13BrClN3/c17-11-7-4-9(8-13(11)19)16-20-14-3-1-2-12(18)15(14)21(16)10-5-6-10/h1-4,7-8,10H,5-6,19H2. The highest BCUT2D eigenvalue weighted by atomic mass is 79.9. The summed E-state index contributed by atoms with van der Waals surface area (Å²) in [5.41, 5.74) is 9.71. The van der Waals surface area contributed by atoms with E-state index in [1.165, 1.54) is 12.8 Å². The summed E-state index contributed by atoms with van der Waals surface area (Å²) in [5.74, 6) is 0.944. The van der Waals surface area contributed by atoms with Crippen molar-refractivity contribution < 1.29 is 0 Å². The number of nitrogen functional groups attached to an aromatic ring is 1. The lowest BCUT2D eigenvalue weighted by molar-refractivity contribution is 0.775. The summed E-state index contributed by atoms with van der Waals surface area (Å²) >= 11 is 9.83. The third kappa shape index (κ3) is 2.14. The molecule has 0 saturated heterocycles. The molecule has 0 amide bonds. The number of rotatable bonds is 2. The number of fused-ring (bicyclic) bond motifs is 1. The van der Waals surface area contributed by atoms with Gasteiger partial charge in [0.15, 0.2) is 0 Å². The molecule has 2 N–H and O–H groups in total. The number of halogens is 2. The fourth-order valence-electron chi connectivity index (χ4n) is 2.68. The van der Waals surface area contributed by atoms with Gasteiger partial charge < -0.3 is 10.3 Å². The molecule has 0 aliphatic heterocycles. The Morgan fingerprint density at radius 3 is 2.76 bits per heavy atom. The first-order chi connectivity index (χ1) is 10.1. The summed E-state index contributed by atoms with van der Waals surface area (Å²) in [4.78, 5) is 4.78. The number of benzene rings is 2. The molecule has 1 saturated carbocycles. The van der Waals surface area contributed by atoms with E-state index in [1.807, 2.05) is 36.4 Å². The van der Waals surface area contributed by atoms with E-state index in [4.69, 9.17) is 22.3 Å². The lowest BCUT2D eigenvalue weighted by Gasteiger charge is -2.09. The third-order valence-electron chi connectivity index (χ3n) is 3.83. The van der Waals surface area contributed by atoms with Crippen LogP contribution >= 0.6 is 27.5 Å². The molecule has 3 nitrogen and oxygen atoms in total. The molecule has 4 rings (SSSR count). The summed E-state index contributed by atoms with van der Waals surface area (Å²) in [7, 11) is 0. The van der Waals surface area contributed by atoms with Crippen LogP contribution in [0.1, 0.15) is 18.9 Å². The van der Waals surface area contributed by atoms with Crippen molar-refractivity contribution in [1.82, 2.24) is 9.55 Å². The number of hydrogen-bond acceptors (Lipinski definition) is 2. The van der Waals surface area contributed by atoms with Crippen molar-refractivity contribution in [1.29, 1.82) is 0 Å². The second kappa shape index (κ2) is 4.75. The maximum Gasteiger partial charge on any atom is 0.141 e. The van der Waals surface area contributed by atoms with Crippen molar-refractivity contribution >= 4 is 44.3 Å². The molecule has 1 aliphatic carbocycles. The van der Waals surface area contributed by atoms with Crippen LogP contribution < -0.4 is 5.73 Å². The van der Waals surface area contributed by atoms with Crippen molar-refractivity contribution in [3.8, 4) is 11.4 Å². The van der Waals surface area contributed by atoms with Crippen molar-refractivity contribution in [2.24, 2.45) is 0 Å². The van der Waals surface area contributed by atoms with Gasteiger partial charge in [-0.2, -0.15) is 0 Å². The van der Waals surface area contributed by atoms with Gasteiger partial charge in [0.05, 0.1) is 16.1 Å². The Morgan fingerprint density at radius 2 is 2.05 bits per heavy atom. The van der Waals surface area contributed by atoms with Crippen molar-refractivity contribution in [3.05, 3.63) is 45.9 Å². The van der Waals surface area contributed by atoms with E-state index in [0.717, 1.165) is 31.9 Å². The van der Waals surface area contributed by atoms with Gasteiger partial charge in [-0.25, -0.2) is 4.98 Å². The third-order valence-corrected chi connectivity index (χ3v) is 4.85. The zero-order valence-corrected chi connectivity index (χ0v) is 13.5. The van der Waals surface area contributed by atoms with Gasteiger partial charge in [-0.3, -0.25) is 0 Å². The fraction of sp³-hybridized carbons (Fsp3) is 0.188. The Morgan fingerprint density at radius 1 is 1.24 bits per heavy atom. The zero-order chi connectivity index (χ0) is 14.6. The number of para-hydroxylation sites is 1. The largest absolute Gasteiger partial charge is 0.398 e. The van der Waals surface area contributed by atoms with E-state index in [9.17, 15) is 0 Å². The number of aromatic nitrogens is 2. The highest BCUT2D eigenvalue weighted by molar-refractivity contribution is 9.10. The van der Waals surface area contributed by atoms with Crippen LogP contribution in [0.25, 0.3) is 22.4 Å². The van der Waals surface area contributed by atoms with Crippen LogP contribution in [0.15, 0.2) is 40.9 Å². The van der Waals surface area contributed by atoms with Gasteiger partial charge in [-0.1, -0.05) is 17.7 Å². The first-order valence-corrected chi connectivity index (χ1v) is 8.04. The topological polar surface area (TPSA) is 43.8 Å². The minimum Gasteiger partial charge on any atom is -0.398 e. The zero-order valence-electron chi connectivity index (χ0n) is 11.2. The molecule has 0 radical (unpaired) electrons. The molecule has 0 bridgehead atoms. The summed E-state index contributed by atoms with van der Waals surface area (Å²) in [6, 6.07) is 12.3. The molecule has 0 atom stereocenters. The minimum absolute atomic E-state index is 0.495. The molecule has 5 heteroatoms. The van der Waals surface area contributed by atoms with E-state index >= 15 is 0 Å². The van der Waals surface area contributed by atoms with Crippen LogP contribution in [0.3, 0.4) is 0 Å². The molecule has 1 aromatic heterocycles. The summed E-state index contributed by atoms with van der Waals surface area (Å²) < 4.78 is 3.17. The first-order valence-electron chi connectivity index (χ1n) is 6.87. The number of anilines is 1. The van der Waals surface area contributed by atoms with Gasteiger partial charge in [0.1, 0.15) is 5.82 Å². The van der Waals surface area contributed by atoms with Gasteiger partial charge in [0, 0.05) is 21.8 Å². The van der Waals surface area contributed by atoms with Gasteiger partial charge in [0.2, 0.25) is 0 Å². The fourth-order valence-corrected chi connectivity index (χ4v) is 3.19. The molecule has 106 valence electrons. The number of nitrogens with two attached hydrogens (primary N) is 1. The summed E-state index contributed by atoms with van der Waals surface area (Å²) in [6.07, 6.45) is 2.35. The van der Waals surface area contributed by atoms with Gasteiger partial charge >= 0.3 is 0 Å². The maximum atomic E-state index is 6.40. The lowest BCUT2D eigenvalue weighted by Crippen LogP contribution is -1.98. The lowest BCUT2D eigenvalue weighted by atomic mass is 10.2. The van der Waals surface area contributed by atoms with Crippen molar-refractivity contribution in [2.45, 2.75) is 18.9 Å². The molecule has 1 aliphatic rings. The molecule has 3 aromatic rings. The molecule has 1 fully saturated rings. The Labute approximate surface area is 135 Å². The second-order valence-corrected chi connectivity index (χ2v) is 6.64. The van der Waals surface area contributed by atoms with Crippen molar-refractivity contribution in [2.75, 3.05) is 5.73 Å². The van der Waals surface area contributed by atoms with Crippen LogP contribution in [-0.2, 0) is 0 Å². The summed E-state index contributed by atoms with van der Waals surface area (Å²) in [5, 5.41) is 0.753. The second-order valence-electron chi connectivity index (χ2n) is 5.38. The van der Waals surface area contributed by atoms with Crippen LogP contribution in [0, 0.1) is 0 Å². The Kier molecular flexibility index (Phi) is 2.98. The van der Waals surface area contributed by atoms with E-state index in [-0.39, 0.29) is 0 Å².